The standard InChI is InChI=1S/C14H20O2/c1-3-14(4-2,13(15)16)11-10-12-8-6-5-7-9-12/h5-9H,3-4,10-11H2,1-2H3,(H,15,16). The summed E-state index contributed by atoms with van der Waals surface area (Å²) in [6.07, 6.45) is 2.96. The first-order valence-electron chi connectivity index (χ1n) is 5.92. The van der Waals surface area contributed by atoms with E-state index in [9.17, 15) is 9.90 Å². The maximum Gasteiger partial charge on any atom is 0.309 e. The molecular formula is C14H20O2. The lowest BCUT2D eigenvalue weighted by Gasteiger charge is -2.26. The zero-order valence-electron chi connectivity index (χ0n) is 10.1. The number of carboxylic acid groups (broad SMARTS) is 1. The first kappa shape index (κ1) is 12.8. The van der Waals surface area contributed by atoms with Crippen LogP contribution in [0, 0.1) is 5.41 Å². The van der Waals surface area contributed by atoms with E-state index in [0.717, 1.165) is 12.8 Å². The number of hydrogen-bond acceptors (Lipinski definition) is 1. The van der Waals surface area contributed by atoms with E-state index >= 15 is 0 Å². The van der Waals surface area contributed by atoms with Crippen LogP contribution in [0.25, 0.3) is 0 Å². The number of carbonyl (C=O) groups is 1. The lowest BCUT2D eigenvalue weighted by Crippen LogP contribution is -2.30. The van der Waals surface area contributed by atoms with Crippen molar-refractivity contribution in [2.75, 3.05) is 0 Å². The monoisotopic (exact) mass is 220 g/mol. The Balaban J connectivity index is 2.67. The van der Waals surface area contributed by atoms with Gasteiger partial charge in [-0.15, -0.1) is 0 Å². The Morgan fingerprint density at radius 2 is 1.75 bits per heavy atom. The van der Waals surface area contributed by atoms with Gasteiger partial charge in [-0.05, 0) is 31.2 Å². The molecule has 0 radical (unpaired) electrons. The number of rotatable bonds is 6. The molecule has 1 N–H and O–H groups in total. The highest BCUT2D eigenvalue weighted by molar-refractivity contribution is 5.74. The summed E-state index contributed by atoms with van der Waals surface area (Å²) < 4.78 is 0. The van der Waals surface area contributed by atoms with Gasteiger partial charge in [0.15, 0.2) is 0 Å². The molecule has 1 rings (SSSR count). The van der Waals surface area contributed by atoms with Crippen molar-refractivity contribution in [2.45, 2.75) is 39.5 Å². The molecular weight excluding hydrogens is 200 g/mol. The molecule has 0 saturated heterocycles. The van der Waals surface area contributed by atoms with Crippen LogP contribution in [0.3, 0.4) is 0 Å². The minimum Gasteiger partial charge on any atom is -0.481 e. The molecule has 0 aromatic heterocycles. The van der Waals surface area contributed by atoms with Crippen LogP contribution in [-0.2, 0) is 11.2 Å². The van der Waals surface area contributed by atoms with Gasteiger partial charge in [-0.1, -0.05) is 44.2 Å². The van der Waals surface area contributed by atoms with Crippen LogP contribution < -0.4 is 0 Å². The molecule has 0 bridgehead atoms. The molecule has 0 saturated carbocycles. The van der Waals surface area contributed by atoms with Crippen molar-refractivity contribution in [2.24, 2.45) is 5.41 Å². The zero-order chi connectivity index (χ0) is 12.0. The summed E-state index contributed by atoms with van der Waals surface area (Å²) in [5, 5.41) is 9.30. The van der Waals surface area contributed by atoms with E-state index < -0.39 is 11.4 Å². The number of hydrogen-bond donors (Lipinski definition) is 1. The van der Waals surface area contributed by atoms with E-state index in [4.69, 9.17) is 0 Å². The van der Waals surface area contributed by atoms with Gasteiger partial charge in [0.2, 0.25) is 0 Å². The van der Waals surface area contributed by atoms with Gasteiger partial charge in [-0.2, -0.15) is 0 Å². The fourth-order valence-electron chi connectivity index (χ4n) is 2.04. The Morgan fingerprint density at radius 3 is 2.19 bits per heavy atom. The SMILES string of the molecule is CCC(CC)(CCc1ccccc1)C(=O)O. The predicted octanol–water partition coefficient (Wildman–Crippen LogP) is 3.51. The molecule has 0 aliphatic carbocycles. The minimum absolute atomic E-state index is 0.546. The van der Waals surface area contributed by atoms with Crippen LogP contribution in [0.15, 0.2) is 30.3 Å². The van der Waals surface area contributed by atoms with E-state index in [-0.39, 0.29) is 0 Å². The van der Waals surface area contributed by atoms with Gasteiger partial charge in [-0.25, -0.2) is 0 Å². The van der Waals surface area contributed by atoms with Crippen LogP contribution in [0.4, 0.5) is 0 Å². The van der Waals surface area contributed by atoms with E-state index in [2.05, 4.69) is 12.1 Å². The summed E-state index contributed by atoms with van der Waals surface area (Å²) in [6.45, 7) is 3.92. The van der Waals surface area contributed by atoms with Crippen molar-refractivity contribution < 1.29 is 9.90 Å². The number of carboxylic acids is 1. The van der Waals surface area contributed by atoms with Crippen LogP contribution in [0.1, 0.15) is 38.7 Å². The molecule has 0 atom stereocenters. The Bertz CT molecular complexity index is 326. The molecule has 0 aliphatic rings. The highest BCUT2D eigenvalue weighted by atomic mass is 16.4. The second kappa shape index (κ2) is 5.69. The molecule has 0 fully saturated rings. The van der Waals surface area contributed by atoms with Gasteiger partial charge in [0.1, 0.15) is 0 Å². The molecule has 0 heterocycles. The van der Waals surface area contributed by atoms with E-state index in [1.807, 2.05) is 32.0 Å². The Labute approximate surface area is 97.3 Å². The molecule has 0 aliphatic heterocycles. The third-order valence-electron chi connectivity index (χ3n) is 3.54. The molecule has 0 unspecified atom stereocenters. The lowest BCUT2D eigenvalue weighted by molar-refractivity contribution is -0.149. The lowest BCUT2D eigenvalue weighted by atomic mass is 9.77. The van der Waals surface area contributed by atoms with Crippen molar-refractivity contribution in [1.29, 1.82) is 0 Å². The van der Waals surface area contributed by atoms with Gasteiger partial charge < -0.3 is 5.11 Å². The van der Waals surface area contributed by atoms with Gasteiger partial charge in [0.25, 0.3) is 0 Å². The van der Waals surface area contributed by atoms with Crippen molar-refractivity contribution in [1.82, 2.24) is 0 Å². The van der Waals surface area contributed by atoms with Crippen molar-refractivity contribution in [3.63, 3.8) is 0 Å². The third-order valence-corrected chi connectivity index (χ3v) is 3.54. The van der Waals surface area contributed by atoms with Crippen LogP contribution in [0.5, 0.6) is 0 Å². The van der Waals surface area contributed by atoms with Gasteiger partial charge in [-0.3, -0.25) is 4.79 Å². The molecule has 2 heteroatoms. The predicted molar refractivity (Wildman–Crippen MR) is 65.4 cm³/mol. The van der Waals surface area contributed by atoms with Crippen LogP contribution in [-0.4, -0.2) is 11.1 Å². The molecule has 2 nitrogen and oxygen atoms in total. The molecule has 1 aromatic carbocycles. The second-order valence-electron chi connectivity index (χ2n) is 4.28. The summed E-state index contributed by atoms with van der Waals surface area (Å²) in [5.41, 5.74) is 0.672. The minimum atomic E-state index is -0.659. The summed E-state index contributed by atoms with van der Waals surface area (Å²) in [7, 11) is 0. The van der Waals surface area contributed by atoms with E-state index in [1.54, 1.807) is 0 Å². The summed E-state index contributed by atoms with van der Waals surface area (Å²) in [4.78, 5) is 11.3. The topological polar surface area (TPSA) is 37.3 Å². The van der Waals surface area contributed by atoms with Crippen LogP contribution in [0.2, 0.25) is 0 Å². The maximum absolute atomic E-state index is 11.3. The first-order chi connectivity index (χ1) is 7.64. The Kier molecular flexibility index (Phi) is 4.53. The highest BCUT2D eigenvalue weighted by Crippen LogP contribution is 2.32. The molecule has 0 amide bonds. The average Bonchev–Trinajstić information content (AvgIpc) is 2.32. The zero-order valence-corrected chi connectivity index (χ0v) is 10.1. The number of aryl methyl sites for hydroxylation is 1. The summed E-state index contributed by atoms with van der Waals surface area (Å²) in [6, 6.07) is 10.1. The second-order valence-corrected chi connectivity index (χ2v) is 4.28. The highest BCUT2D eigenvalue weighted by Gasteiger charge is 2.33. The first-order valence-corrected chi connectivity index (χ1v) is 5.92. The van der Waals surface area contributed by atoms with E-state index in [0.29, 0.717) is 12.8 Å². The smallest absolute Gasteiger partial charge is 0.309 e. The molecule has 0 spiro atoms. The quantitative estimate of drug-likeness (QED) is 0.796. The molecule has 1 aromatic rings. The van der Waals surface area contributed by atoms with Crippen molar-refractivity contribution in [3.05, 3.63) is 35.9 Å². The van der Waals surface area contributed by atoms with E-state index in [1.165, 1.54) is 5.56 Å². The Hall–Kier alpha value is -1.31. The van der Waals surface area contributed by atoms with Crippen molar-refractivity contribution >= 4 is 5.97 Å². The third kappa shape index (κ3) is 2.84. The van der Waals surface area contributed by atoms with Gasteiger partial charge >= 0.3 is 5.97 Å². The number of benzene rings is 1. The van der Waals surface area contributed by atoms with Gasteiger partial charge in [0.05, 0.1) is 5.41 Å². The van der Waals surface area contributed by atoms with Crippen molar-refractivity contribution in [3.8, 4) is 0 Å². The maximum atomic E-state index is 11.3. The Morgan fingerprint density at radius 1 is 1.19 bits per heavy atom. The number of aliphatic carboxylic acids is 1. The fourth-order valence-corrected chi connectivity index (χ4v) is 2.04. The average molecular weight is 220 g/mol. The molecule has 88 valence electrons. The van der Waals surface area contributed by atoms with Gasteiger partial charge in [0, 0.05) is 0 Å². The normalized spacial score (nSPS) is 11.4. The fraction of sp³-hybridized carbons (Fsp3) is 0.500. The summed E-state index contributed by atoms with van der Waals surface area (Å²) >= 11 is 0. The molecule has 16 heavy (non-hydrogen) atoms. The largest absolute Gasteiger partial charge is 0.481 e. The van der Waals surface area contributed by atoms with Crippen LogP contribution >= 0.6 is 0 Å². The summed E-state index contributed by atoms with van der Waals surface area (Å²) in [5.74, 6) is -0.659.